The zero-order chi connectivity index (χ0) is 13.2. The molecule has 0 spiro atoms. The molecule has 1 aromatic heterocycles. The van der Waals surface area contributed by atoms with E-state index in [9.17, 15) is 0 Å². The first-order chi connectivity index (χ1) is 9.22. The third-order valence-corrected chi connectivity index (χ3v) is 3.22. The van der Waals surface area contributed by atoms with Crippen LogP contribution in [0.3, 0.4) is 0 Å². The van der Waals surface area contributed by atoms with Crippen molar-refractivity contribution in [2.24, 2.45) is 0 Å². The fourth-order valence-corrected chi connectivity index (χ4v) is 2.43. The lowest BCUT2D eigenvalue weighted by Gasteiger charge is -2.20. The summed E-state index contributed by atoms with van der Waals surface area (Å²) >= 11 is 11.9. The molecule has 1 fully saturated rings. The summed E-state index contributed by atoms with van der Waals surface area (Å²) in [4.78, 5) is 4.35. The van der Waals surface area contributed by atoms with Gasteiger partial charge in [-0.1, -0.05) is 28.4 Å². The van der Waals surface area contributed by atoms with E-state index in [2.05, 4.69) is 15.5 Å². The molecule has 0 amide bonds. The zero-order valence-corrected chi connectivity index (χ0v) is 11.4. The molecule has 1 unspecified atom stereocenters. The zero-order valence-electron chi connectivity index (χ0n) is 9.90. The maximum absolute atomic E-state index is 5.95. The van der Waals surface area contributed by atoms with Gasteiger partial charge in [-0.15, -0.1) is 0 Å². The van der Waals surface area contributed by atoms with E-state index >= 15 is 0 Å². The minimum Gasteiger partial charge on any atom is -0.378 e. The van der Waals surface area contributed by atoms with Crippen LogP contribution in [0.2, 0.25) is 10.0 Å². The van der Waals surface area contributed by atoms with Gasteiger partial charge >= 0.3 is 0 Å². The van der Waals surface area contributed by atoms with Crippen molar-refractivity contribution in [3.63, 3.8) is 0 Å². The molecule has 0 saturated carbocycles. The van der Waals surface area contributed by atoms with Gasteiger partial charge in [0.25, 0.3) is 0 Å². The van der Waals surface area contributed by atoms with Crippen LogP contribution in [-0.4, -0.2) is 29.9 Å². The maximum atomic E-state index is 5.95. The van der Waals surface area contributed by atoms with Crippen LogP contribution in [0.5, 0.6) is 0 Å². The number of rotatable bonds is 2. The molecule has 100 valence electrons. The largest absolute Gasteiger partial charge is 0.378 e. The van der Waals surface area contributed by atoms with E-state index in [1.54, 1.807) is 18.2 Å². The standard InChI is InChI=1S/C12H11Cl2N3O2/c13-8-3-7(4-9(14)5-8)11-16-12(19-17-11)10-6-18-2-1-15-10/h3-5,10,15H,1-2,6H2. The Bertz CT molecular complexity index is 562. The first kappa shape index (κ1) is 12.9. The summed E-state index contributed by atoms with van der Waals surface area (Å²) in [5.74, 6) is 0.970. The van der Waals surface area contributed by atoms with Gasteiger partial charge in [-0.05, 0) is 18.2 Å². The van der Waals surface area contributed by atoms with E-state index in [1.807, 2.05) is 0 Å². The van der Waals surface area contributed by atoms with E-state index in [-0.39, 0.29) is 6.04 Å². The van der Waals surface area contributed by atoms with Crippen LogP contribution in [0.15, 0.2) is 22.7 Å². The predicted molar refractivity (Wildman–Crippen MR) is 71.3 cm³/mol. The van der Waals surface area contributed by atoms with Crippen LogP contribution in [0, 0.1) is 0 Å². The van der Waals surface area contributed by atoms with Gasteiger partial charge in [0.2, 0.25) is 11.7 Å². The molecule has 19 heavy (non-hydrogen) atoms. The number of morpholine rings is 1. The van der Waals surface area contributed by atoms with Crippen molar-refractivity contribution in [3.8, 4) is 11.4 Å². The van der Waals surface area contributed by atoms with Crippen LogP contribution in [0.4, 0.5) is 0 Å². The second kappa shape index (κ2) is 5.46. The molecule has 0 bridgehead atoms. The van der Waals surface area contributed by atoms with E-state index in [0.717, 1.165) is 12.1 Å². The monoisotopic (exact) mass is 299 g/mol. The molecule has 1 aliphatic heterocycles. The summed E-state index contributed by atoms with van der Waals surface area (Å²) in [6, 6.07) is 5.08. The Morgan fingerprint density at radius 3 is 2.68 bits per heavy atom. The molecule has 3 rings (SSSR count). The normalized spacial score (nSPS) is 19.6. The van der Waals surface area contributed by atoms with Crippen LogP contribution in [0.1, 0.15) is 11.9 Å². The molecule has 2 aromatic rings. The Kier molecular flexibility index (Phi) is 3.70. The summed E-state index contributed by atoms with van der Waals surface area (Å²) in [5.41, 5.74) is 0.726. The lowest BCUT2D eigenvalue weighted by atomic mass is 10.2. The minimum absolute atomic E-state index is 0.0651. The van der Waals surface area contributed by atoms with Gasteiger partial charge in [-0.2, -0.15) is 4.98 Å². The van der Waals surface area contributed by atoms with Crippen molar-refractivity contribution in [2.75, 3.05) is 19.8 Å². The summed E-state index contributed by atoms with van der Waals surface area (Å²) in [6.07, 6.45) is 0. The van der Waals surface area contributed by atoms with Crippen molar-refractivity contribution in [3.05, 3.63) is 34.1 Å². The molecular weight excluding hydrogens is 289 g/mol. The van der Waals surface area contributed by atoms with Crippen LogP contribution >= 0.6 is 23.2 Å². The third kappa shape index (κ3) is 2.90. The fourth-order valence-electron chi connectivity index (χ4n) is 1.90. The quantitative estimate of drug-likeness (QED) is 0.924. The molecule has 0 aliphatic carbocycles. The smallest absolute Gasteiger partial charge is 0.246 e. The molecule has 1 saturated heterocycles. The summed E-state index contributed by atoms with van der Waals surface area (Å²) < 4.78 is 10.6. The van der Waals surface area contributed by atoms with Gasteiger partial charge in [0, 0.05) is 22.2 Å². The van der Waals surface area contributed by atoms with Gasteiger partial charge in [0.15, 0.2) is 0 Å². The summed E-state index contributed by atoms with van der Waals surface area (Å²) in [7, 11) is 0. The van der Waals surface area contributed by atoms with Gasteiger partial charge in [0.05, 0.1) is 13.2 Å². The molecule has 5 nitrogen and oxygen atoms in total. The molecule has 7 heteroatoms. The molecule has 1 N–H and O–H groups in total. The highest BCUT2D eigenvalue weighted by Gasteiger charge is 2.22. The van der Waals surface area contributed by atoms with E-state index < -0.39 is 0 Å². The average Bonchev–Trinajstić information content (AvgIpc) is 2.88. The van der Waals surface area contributed by atoms with E-state index in [0.29, 0.717) is 35.0 Å². The fraction of sp³-hybridized carbons (Fsp3) is 0.333. The first-order valence-corrected chi connectivity index (χ1v) is 6.59. The number of nitrogens with zero attached hydrogens (tertiary/aromatic N) is 2. The number of ether oxygens (including phenoxy) is 1. The Hall–Kier alpha value is -1.14. The van der Waals surface area contributed by atoms with E-state index in [1.165, 1.54) is 0 Å². The second-order valence-electron chi connectivity index (χ2n) is 4.20. The number of aromatic nitrogens is 2. The molecule has 1 aromatic carbocycles. The molecular formula is C12H11Cl2N3O2. The highest BCUT2D eigenvalue weighted by atomic mass is 35.5. The van der Waals surface area contributed by atoms with Crippen molar-refractivity contribution in [2.45, 2.75) is 6.04 Å². The Morgan fingerprint density at radius 2 is 2.00 bits per heavy atom. The van der Waals surface area contributed by atoms with Crippen molar-refractivity contribution >= 4 is 23.2 Å². The highest BCUT2D eigenvalue weighted by molar-refractivity contribution is 6.35. The minimum atomic E-state index is -0.0651. The van der Waals surface area contributed by atoms with Crippen molar-refractivity contribution < 1.29 is 9.26 Å². The maximum Gasteiger partial charge on any atom is 0.246 e. The molecule has 1 atom stereocenters. The van der Waals surface area contributed by atoms with Gasteiger partial charge < -0.3 is 14.6 Å². The first-order valence-electron chi connectivity index (χ1n) is 5.83. The summed E-state index contributed by atoms with van der Waals surface area (Å²) in [6.45, 7) is 1.99. The second-order valence-corrected chi connectivity index (χ2v) is 5.07. The van der Waals surface area contributed by atoms with Gasteiger partial charge in [-0.3, -0.25) is 0 Å². The van der Waals surface area contributed by atoms with Crippen molar-refractivity contribution in [1.29, 1.82) is 0 Å². The topological polar surface area (TPSA) is 60.2 Å². The van der Waals surface area contributed by atoms with Gasteiger partial charge in [-0.25, -0.2) is 0 Å². The van der Waals surface area contributed by atoms with Crippen molar-refractivity contribution in [1.82, 2.24) is 15.5 Å². The lowest BCUT2D eigenvalue weighted by molar-refractivity contribution is 0.0659. The highest BCUT2D eigenvalue weighted by Crippen LogP contribution is 2.26. The number of halogens is 2. The van der Waals surface area contributed by atoms with Crippen LogP contribution in [-0.2, 0) is 4.74 Å². The SMILES string of the molecule is Clc1cc(Cl)cc(-c2noc(C3COCCN3)n2)c1. The lowest BCUT2D eigenvalue weighted by Crippen LogP contribution is -2.34. The Labute approximate surface area is 119 Å². The number of nitrogens with one attached hydrogen (secondary N) is 1. The molecule has 1 aliphatic rings. The molecule has 2 heterocycles. The molecule has 0 radical (unpaired) electrons. The number of benzene rings is 1. The average molecular weight is 300 g/mol. The summed E-state index contributed by atoms with van der Waals surface area (Å²) in [5, 5.41) is 8.26. The van der Waals surface area contributed by atoms with Crippen LogP contribution < -0.4 is 5.32 Å². The van der Waals surface area contributed by atoms with E-state index in [4.69, 9.17) is 32.5 Å². The third-order valence-electron chi connectivity index (χ3n) is 2.78. The predicted octanol–water partition coefficient (Wildman–Crippen LogP) is 2.70. The van der Waals surface area contributed by atoms with Gasteiger partial charge in [0.1, 0.15) is 6.04 Å². The number of hydrogen-bond donors (Lipinski definition) is 1. The Morgan fingerprint density at radius 1 is 1.21 bits per heavy atom. The Balaban J connectivity index is 1.87. The number of hydrogen-bond acceptors (Lipinski definition) is 5. The van der Waals surface area contributed by atoms with Crippen LogP contribution in [0.25, 0.3) is 11.4 Å².